The van der Waals surface area contributed by atoms with Crippen molar-refractivity contribution in [2.24, 2.45) is 28.6 Å². The summed E-state index contributed by atoms with van der Waals surface area (Å²) in [5.41, 5.74) is 0.311. The lowest BCUT2D eigenvalue weighted by molar-refractivity contribution is -0.148. The maximum absolute atomic E-state index is 13.4. The molecule has 2 rings (SSSR count). The van der Waals surface area contributed by atoms with Crippen LogP contribution in [0.15, 0.2) is 30.3 Å². The summed E-state index contributed by atoms with van der Waals surface area (Å²) in [6.07, 6.45) is 3.37. The lowest BCUT2D eigenvalue weighted by Crippen LogP contribution is -2.46. The standard InChI is InChI=1S/C25H36O4/c1-7-29-23(28)20(21(27)18-12-9-8-10-13-18)17(2)16-19(26)22-24(3,4)14-11-15-25(22,5)6/h8-10,12-13,17,20,22H,7,11,14-16H2,1-6H3. The number of benzene rings is 1. The first kappa shape index (κ1) is 23.3. The largest absolute Gasteiger partial charge is 0.465 e. The van der Waals surface area contributed by atoms with Crippen LogP contribution in [0.2, 0.25) is 0 Å². The summed E-state index contributed by atoms with van der Waals surface area (Å²) >= 11 is 0. The Morgan fingerprint density at radius 3 is 2.10 bits per heavy atom. The van der Waals surface area contributed by atoms with Crippen LogP contribution in [0.3, 0.4) is 0 Å². The molecule has 0 amide bonds. The van der Waals surface area contributed by atoms with Crippen molar-refractivity contribution in [1.82, 2.24) is 0 Å². The van der Waals surface area contributed by atoms with Gasteiger partial charge in [0.25, 0.3) is 0 Å². The van der Waals surface area contributed by atoms with Crippen LogP contribution in [0.5, 0.6) is 0 Å². The van der Waals surface area contributed by atoms with Gasteiger partial charge in [-0.1, -0.05) is 71.4 Å². The third-order valence-electron chi connectivity index (χ3n) is 6.50. The summed E-state index contributed by atoms with van der Waals surface area (Å²) in [6, 6.07) is 8.79. The molecular formula is C25H36O4. The third-order valence-corrected chi connectivity index (χ3v) is 6.50. The molecule has 0 bridgehead atoms. The molecule has 1 aliphatic rings. The van der Waals surface area contributed by atoms with E-state index in [4.69, 9.17) is 4.74 Å². The van der Waals surface area contributed by atoms with Gasteiger partial charge in [0.05, 0.1) is 6.61 Å². The minimum absolute atomic E-state index is 0.0819. The minimum Gasteiger partial charge on any atom is -0.465 e. The number of hydrogen-bond acceptors (Lipinski definition) is 4. The van der Waals surface area contributed by atoms with Gasteiger partial charge in [0, 0.05) is 17.9 Å². The molecule has 4 heteroatoms. The molecule has 0 spiro atoms. The molecule has 0 N–H and O–H groups in total. The second-order valence-corrected chi connectivity index (χ2v) is 9.87. The van der Waals surface area contributed by atoms with Crippen molar-refractivity contribution in [1.29, 1.82) is 0 Å². The Morgan fingerprint density at radius 2 is 1.59 bits per heavy atom. The van der Waals surface area contributed by atoms with E-state index in [1.807, 2.05) is 13.0 Å². The van der Waals surface area contributed by atoms with Crippen LogP contribution in [-0.2, 0) is 14.3 Å². The Bertz CT molecular complexity index is 716. The molecule has 0 aliphatic heterocycles. The molecule has 0 heterocycles. The summed E-state index contributed by atoms with van der Waals surface area (Å²) in [6.45, 7) is 12.4. The highest BCUT2D eigenvalue weighted by Gasteiger charge is 2.48. The number of ketones is 2. The van der Waals surface area contributed by atoms with Gasteiger partial charge in [0.15, 0.2) is 5.78 Å². The summed E-state index contributed by atoms with van der Waals surface area (Å²) in [5.74, 6) is -2.11. The first-order valence-corrected chi connectivity index (χ1v) is 10.8. The quantitative estimate of drug-likeness (QED) is 0.328. The third kappa shape index (κ3) is 5.34. The number of ether oxygens (including phenoxy) is 1. The summed E-state index contributed by atoms with van der Waals surface area (Å²) < 4.78 is 5.21. The van der Waals surface area contributed by atoms with Crippen molar-refractivity contribution in [2.45, 2.75) is 67.2 Å². The van der Waals surface area contributed by atoms with E-state index in [1.54, 1.807) is 31.2 Å². The average Bonchev–Trinajstić information content (AvgIpc) is 2.61. The van der Waals surface area contributed by atoms with Crippen molar-refractivity contribution < 1.29 is 19.1 Å². The molecule has 160 valence electrons. The zero-order valence-corrected chi connectivity index (χ0v) is 18.8. The average molecular weight is 401 g/mol. The van der Waals surface area contributed by atoms with E-state index in [9.17, 15) is 14.4 Å². The van der Waals surface area contributed by atoms with Crippen molar-refractivity contribution in [3.05, 3.63) is 35.9 Å². The van der Waals surface area contributed by atoms with E-state index in [-0.39, 0.29) is 41.3 Å². The van der Waals surface area contributed by atoms with Gasteiger partial charge in [-0.2, -0.15) is 0 Å². The van der Waals surface area contributed by atoms with Crippen LogP contribution in [-0.4, -0.2) is 24.1 Å². The summed E-state index contributed by atoms with van der Waals surface area (Å²) in [7, 11) is 0. The van der Waals surface area contributed by atoms with E-state index >= 15 is 0 Å². The molecule has 1 aromatic rings. The van der Waals surface area contributed by atoms with Gasteiger partial charge in [-0.15, -0.1) is 0 Å². The first-order valence-electron chi connectivity index (χ1n) is 10.8. The fraction of sp³-hybridized carbons (Fsp3) is 0.640. The highest BCUT2D eigenvalue weighted by Crippen LogP contribution is 2.52. The van der Waals surface area contributed by atoms with E-state index in [0.717, 1.165) is 19.3 Å². The summed E-state index contributed by atoms with van der Waals surface area (Å²) in [5, 5.41) is 0. The minimum atomic E-state index is -0.962. The van der Waals surface area contributed by atoms with Crippen LogP contribution < -0.4 is 0 Å². The molecule has 1 aliphatic carbocycles. The predicted molar refractivity (Wildman–Crippen MR) is 115 cm³/mol. The Balaban J connectivity index is 2.27. The van der Waals surface area contributed by atoms with E-state index in [0.29, 0.717) is 5.56 Å². The molecule has 1 aromatic carbocycles. The van der Waals surface area contributed by atoms with E-state index in [2.05, 4.69) is 27.7 Å². The van der Waals surface area contributed by atoms with Gasteiger partial charge in [-0.05, 0) is 36.5 Å². The number of Topliss-reactive ketones (excluding diaryl/α,β-unsaturated/α-hetero) is 2. The number of carbonyl (C=O) groups excluding carboxylic acids is 3. The molecule has 29 heavy (non-hydrogen) atoms. The topological polar surface area (TPSA) is 60.4 Å². The fourth-order valence-corrected chi connectivity index (χ4v) is 5.38. The van der Waals surface area contributed by atoms with Crippen LogP contribution in [0, 0.1) is 28.6 Å². The molecule has 4 nitrogen and oxygen atoms in total. The van der Waals surface area contributed by atoms with Crippen molar-refractivity contribution in [2.75, 3.05) is 6.61 Å². The number of hydrogen-bond donors (Lipinski definition) is 0. The molecule has 0 saturated heterocycles. The normalized spacial score (nSPS) is 20.5. The van der Waals surface area contributed by atoms with Gasteiger partial charge >= 0.3 is 5.97 Å². The maximum atomic E-state index is 13.4. The van der Waals surface area contributed by atoms with Crippen LogP contribution in [0.4, 0.5) is 0 Å². The molecule has 0 radical (unpaired) electrons. The lowest BCUT2D eigenvalue weighted by atomic mass is 9.55. The highest BCUT2D eigenvalue weighted by molar-refractivity contribution is 6.09. The Hall–Kier alpha value is -1.97. The van der Waals surface area contributed by atoms with Crippen molar-refractivity contribution >= 4 is 17.5 Å². The van der Waals surface area contributed by atoms with E-state index < -0.39 is 17.8 Å². The SMILES string of the molecule is CCOC(=O)C(C(=O)c1ccccc1)C(C)CC(=O)C1C(C)(C)CCCC1(C)C. The van der Waals surface area contributed by atoms with Crippen LogP contribution >= 0.6 is 0 Å². The Morgan fingerprint density at radius 1 is 1.03 bits per heavy atom. The highest BCUT2D eigenvalue weighted by atomic mass is 16.5. The van der Waals surface area contributed by atoms with Crippen LogP contribution in [0.1, 0.15) is 77.6 Å². The van der Waals surface area contributed by atoms with Gasteiger partial charge in [0.2, 0.25) is 0 Å². The molecule has 0 aromatic heterocycles. The molecule has 1 fully saturated rings. The van der Waals surface area contributed by atoms with Gasteiger partial charge in [0.1, 0.15) is 11.7 Å². The predicted octanol–water partition coefficient (Wildman–Crippen LogP) is 5.50. The summed E-state index contributed by atoms with van der Waals surface area (Å²) in [4.78, 5) is 39.2. The fourth-order valence-electron chi connectivity index (χ4n) is 5.38. The number of rotatable bonds is 8. The lowest BCUT2D eigenvalue weighted by Gasteiger charge is -2.48. The molecule has 1 saturated carbocycles. The van der Waals surface area contributed by atoms with Gasteiger partial charge in [-0.3, -0.25) is 14.4 Å². The molecule has 2 atom stereocenters. The zero-order chi connectivity index (χ0) is 21.8. The van der Waals surface area contributed by atoms with Crippen molar-refractivity contribution in [3.63, 3.8) is 0 Å². The van der Waals surface area contributed by atoms with E-state index in [1.165, 1.54) is 0 Å². The molecular weight excluding hydrogens is 364 g/mol. The second-order valence-electron chi connectivity index (χ2n) is 9.87. The zero-order valence-electron chi connectivity index (χ0n) is 18.8. The Labute approximate surface area is 175 Å². The monoisotopic (exact) mass is 400 g/mol. The second kappa shape index (κ2) is 9.23. The first-order chi connectivity index (χ1) is 13.5. The van der Waals surface area contributed by atoms with Gasteiger partial charge < -0.3 is 4.74 Å². The van der Waals surface area contributed by atoms with Crippen LogP contribution in [0.25, 0.3) is 0 Å². The van der Waals surface area contributed by atoms with Crippen molar-refractivity contribution in [3.8, 4) is 0 Å². The Kier molecular flexibility index (Phi) is 7.42. The maximum Gasteiger partial charge on any atom is 0.317 e. The van der Waals surface area contributed by atoms with Gasteiger partial charge in [-0.25, -0.2) is 0 Å². The number of esters is 1. The number of carbonyl (C=O) groups is 3. The smallest absolute Gasteiger partial charge is 0.317 e. The molecule has 2 unspecified atom stereocenters.